The predicted octanol–water partition coefficient (Wildman–Crippen LogP) is 3.68. The molecule has 1 atom stereocenters. The molecule has 0 bridgehead atoms. The lowest BCUT2D eigenvalue weighted by atomic mass is 10.0. The molecule has 0 aliphatic carbocycles. The second-order valence-electron chi connectivity index (χ2n) is 4.80. The number of rotatable bonds is 3. The van der Waals surface area contributed by atoms with Gasteiger partial charge in [0.2, 0.25) is 0 Å². The van der Waals surface area contributed by atoms with E-state index >= 15 is 0 Å². The molecule has 0 spiro atoms. The van der Waals surface area contributed by atoms with Gasteiger partial charge in [0, 0.05) is 30.7 Å². The van der Waals surface area contributed by atoms with Crippen LogP contribution in [0.4, 0.5) is 22.0 Å². The Morgan fingerprint density at radius 1 is 1.14 bits per heavy atom. The number of alkyl halides is 5. The first kappa shape index (κ1) is 16.6. The summed E-state index contributed by atoms with van der Waals surface area (Å²) in [5.74, 6) is 0. The van der Waals surface area contributed by atoms with Gasteiger partial charge in [-0.3, -0.25) is 4.90 Å². The molecule has 8 heteroatoms. The van der Waals surface area contributed by atoms with Crippen molar-refractivity contribution in [2.45, 2.75) is 18.6 Å². The van der Waals surface area contributed by atoms with E-state index in [0.717, 1.165) is 12.1 Å². The van der Waals surface area contributed by atoms with Crippen LogP contribution in [0.1, 0.15) is 17.2 Å². The first-order valence-corrected chi connectivity index (χ1v) is 7.19. The first-order chi connectivity index (χ1) is 9.80. The average molecular weight is 373 g/mol. The van der Waals surface area contributed by atoms with Crippen LogP contribution < -0.4 is 5.32 Å². The van der Waals surface area contributed by atoms with Gasteiger partial charge in [-0.2, -0.15) is 13.2 Å². The zero-order chi connectivity index (χ0) is 15.6. The third kappa shape index (κ3) is 3.92. The molecule has 0 saturated carbocycles. The highest BCUT2D eigenvalue weighted by molar-refractivity contribution is 9.10. The van der Waals surface area contributed by atoms with Gasteiger partial charge in [-0.1, -0.05) is 15.9 Å². The fourth-order valence-corrected chi connectivity index (χ4v) is 2.88. The molecule has 0 unspecified atom stereocenters. The molecule has 2 nitrogen and oxygen atoms in total. The van der Waals surface area contributed by atoms with Crippen LogP contribution in [-0.4, -0.2) is 37.5 Å². The van der Waals surface area contributed by atoms with E-state index in [2.05, 4.69) is 21.2 Å². The van der Waals surface area contributed by atoms with Gasteiger partial charge >= 0.3 is 6.18 Å². The van der Waals surface area contributed by atoms with Gasteiger partial charge in [-0.05, 0) is 23.8 Å². The Morgan fingerprint density at radius 2 is 1.76 bits per heavy atom. The van der Waals surface area contributed by atoms with E-state index in [-0.39, 0.29) is 10.0 Å². The Balaban J connectivity index is 2.39. The molecule has 1 heterocycles. The largest absolute Gasteiger partial charge is 0.416 e. The third-order valence-corrected chi connectivity index (χ3v) is 4.15. The maximum atomic E-state index is 13.4. The number of nitrogens with one attached hydrogen (secondary N) is 1. The van der Waals surface area contributed by atoms with Gasteiger partial charge < -0.3 is 5.32 Å². The Kier molecular flexibility index (Phi) is 5.21. The van der Waals surface area contributed by atoms with E-state index in [9.17, 15) is 22.0 Å². The summed E-state index contributed by atoms with van der Waals surface area (Å²) in [4.78, 5) is 1.52. The minimum absolute atomic E-state index is 0.0262. The van der Waals surface area contributed by atoms with E-state index in [0.29, 0.717) is 26.2 Å². The highest BCUT2D eigenvalue weighted by Gasteiger charge is 2.35. The molecule has 118 valence electrons. The number of halogens is 6. The van der Waals surface area contributed by atoms with Gasteiger partial charge in [-0.25, -0.2) is 8.78 Å². The molecule has 1 N–H and O–H groups in total. The Morgan fingerprint density at radius 3 is 2.29 bits per heavy atom. The van der Waals surface area contributed by atoms with Crippen molar-refractivity contribution in [3.05, 3.63) is 33.8 Å². The van der Waals surface area contributed by atoms with Crippen LogP contribution in [-0.2, 0) is 6.18 Å². The maximum Gasteiger partial charge on any atom is 0.416 e. The van der Waals surface area contributed by atoms with Crippen LogP contribution in [0.3, 0.4) is 0 Å². The molecule has 2 rings (SSSR count). The fourth-order valence-electron chi connectivity index (χ4n) is 2.40. The number of benzene rings is 1. The summed E-state index contributed by atoms with van der Waals surface area (Å²) in [6.45, 7) is 1.83. The second-order valence-corrected chi connectivity index (χ2v) is 5.65. The number of hydrogen-bond acceptors (Lipinski definition) is 2. The third-order valence-electron chi connectivity index (χ3n) is 3.43. The molecule has 1 fully saturated rings. The summed E-state index contributed by atoms with van der Waals surface area (Å²) < 4.78 is 65.4. The molecule has 0 aromatic heterocycles. The number of hydrogen-bond donors (Lipinski definition) is 1. The van der Waals surface area contributed by atoms with Gasteiger partial charge in [0.15, 0.2) is 0 Å². The van der Waals surface area contributed by atoms with Gasteiger partial charge in [0.1, 0.15) is 0 Å². The molecule has 21 heavy (non-hydrogen) atoms. The summed E-state index contributed by atoms with van der Waals surface area (Å²) >= 11 is 3.09. The van der Waals surface area contributed by atoms with E-state index in [1.807, 2.05) is 0 Å². The van der Waals surface area contributed by atoms with E-state index in [1.165, 1.54) is 11.0 Å². The smallest absolute Gasteiger partial charge is 0.314 e. The van der Waals surface area contributed by atoms with Crippen molar-refractivity contribution in [3.8, 4) is 0 Å². The van der Waals surface area contributed by atoms with Crippen molar-refractivity contribution >= 4 is 15.9 Å². The minimum atomic E-state index is -4.55. The predicted molar refractivity (Wildman–Crippen MR) is 72.3 cm³/mol. The normalized spacial score (nSPS) is 19.0. The summed E-state index contributed by atoms with van der Waals surface area (Å²) in [7, 11) is 0. The van der Waals surface area contributed by atoms with Crippen LogP contribution in [0.25, 0.3) is 0 Å². The molecule has 1 aliphatic rings. The molecule has 0 amide bonds. The topological polar surface area (TPSA) is 15.3 Å². The van der Waals surface area contributed by atoms with Crippen LogP contribution >= 0.6 is 15.9 Å². The molecular weight excluding hydrogens is 359 g/mol. The molecule has 1 aromatic rings. The van der Waals surface area contributed by atoms with E-state index in [4.69, 9.17) is 0 Å². The highest BCUT2D eigenvalue weighted by atomic mass is 79.9. The lowest BCUT2D eigenvalue weighted by Gasteiger charge is -2.35. The fraction of sp³-hybridized carbons (Fsp3) is 0.538. The summed E-state index contributed by atoms with van der Waals surface area (Å²) in [5.41, 5.74) is -0.941. The van der Waals surface area contributed by atoms with E-state index < -0.39 is 24.2 Å². The van der Waals surface area contributed by atoms with Crippen molar-refractivity contribution in [1.82, 2.24) is 10.2 Å². The first-order valence-electron chi connectivity index (χ1n) is 6.40. The van der Waals surface area contributed by atoms with Gasteiger partial charge in [0.05, 0.1) is 11.6 Å². The minimum Gasteiger partial charge on any atom is -0.314 e. The lowest BCUT2D eigenvalue weighted by molar-refractivity contribution is -0.137. The zero-order valence-corrected chi connectivity index (χ0v) is 12.5. The summed E-state index contributed by atoms with van der Waals surface area (Å²) in [6, 6.07) is 1.52. The van der Waals surface area contributed by atoms with Crippen molar-refractivity contribution in [2.24, 2.45) is 0 Å². The second kappa shape index (κ2) is 6.58. The van der Waals surface area contributed by atoms with Crippen LogP contribution in [0.15, 0.2) is 22.7 Å². The molecule has 1 saturated heterocycles. The molecule has 1 aliphatic heterocycles. The summed E-state index contributed by atoms with van der Waals surface area (Å²) in [5, 5.41) is 3.03. The van der Waals surface area contributed by atoms with Crippen molar-refractivity contribution in [3.63, 3.8) is 0 Å². The lowest BCUT2D eigenvalue weighted by Crippen LogP contribution is -2.47. The highest BCUT2D eigenvalue weighted by Crippen LogP contribution is 2.37. The van der Waals surface area contributed by atoms with Crippen molar-refractivity contribution in [1.29, 1.82) is 0 Å². The zero-order valence-electron chi connectivity index (χ0n) is 10.9. The van der Waals surface area contributed by atoms with Crippen LogP contribution in [0.2, 0.25) is 0 Å². The SMILES string of the molecule is FC(F)[C@H](c1cc(C(F)(F)F)ccc1Br)N1CCNCC1. The Bertz CT molecular complexity index is 486. The Labute approximate surface area is 127 Å². The van der Waals surface area contributed by atoms with Crippen molar-refractivity contribution in [2.75, 3.05) is 26.2 Å². The quantitative estimate of drug-likeness (QED) is 0.814. The van der Waals surface area contributed by atoms with Crippen LogP contribution in [0.5, 0.6) is 0 Å². The standard InChI is InChI=1S/C13H14BrF5N2/c14-10-2-1-8(13(17,18)19)7-9(10)11(12(15)16)21-5-3-20-4-6-21/h1-2,7,11-12,20H,3-6H2/t11-/m0/s1. The van der Waals surface area contributed by atoms with Gasteiger partial charge in [-0.15, -0.1) is 0 Å². The van der Waals surface area contributed by atoms with E-state index in [1.54, 1.807) is 0 Å². The summed E-state index contributed by atoms with van der Waals surface area (Å²) in [6.07, 6.45) is -7.31. The molecular formula is C13H14BrF5N2. The molecule has 1 aromatic carbocycles. The van der Waals surface area contributed by atoms with Crippen LogP contribution in [0, 0.1) is 0 Å². The maximum absolute atomic E-state index is 13.4. The average Bonchev–Trinajstić information content (AvgIpc) is 2.40. The van der Waals surface area contributed by atoms with Gasteiger partial charge in [0.25, 0.3) is 6.43 Å². The monoisotopic (exact) mass is 372 g/mol. The van der Waals surface area contributed by atoms with Crippen molar-refractivity contribution < 1.29 is 22.0 Å². The molecule has 0 radical (unpaired) electrons. The Hall–Kier alpha value is -0.730. The number of piperazine rings is 1. The number of nitrogens with zero attached hydrogens (tertiary/aromatic N) is 1.